The van der Waals surface area contributed by atoms with Crippen molar-refractivity contribution in [2.45, 2.75) is 19.4 Å². The lowest BCUT2D eigenvalue weighted by Crippen LogP contribution is -2.39. The molecule has 14 heavy (non-hydrogen) atoms. The summed E-state index contributed by atoms with van der Waals surface area (Å²) in [6.07, 6.45) is 1.37. The first-order chi connectivity index (χ1) is 6.59. The quantitative estimate of drug-likeness (QED) is 0.699. The van der Waals surface area contributed by atoms with Crippen LogP contribution in [0.5, 0.6) is 0 Å². The van der Waals surface area contributed by atoms with Gasteiger partial charge < -0.3 is 14.9 Å². The van der Waals surface area contributed by atoms with Crippen molar-refractivity contribution < 1.29 is 19.2 Å². The number of amides is 1. The zero-order valence-electron chi connectivity index (χ0n) is 7.56. The molecule has 0 unspecified atom stereocenters. The standard InChI is InChI=1S/C8H10N2O4/c1-5(8(12)13)9-7(11)4-6-2-3-14-10-6/h2-3,5H,4H2,1H3,(H,9,11)(H,12,13)/t5-/m0/s1. The van der Waals surface area contributed by atoms with Crippen molar-refractivity contribution in [3.8, 4) is 0 Å². The number of hydrogen-bond acceptors (Lipinski definition) is 4. The number of hydrogen-bond donors (Lipinski definition) is 2. The van der Waals surface area contributed by atoms with Gasteiger partial charge in [0.2, 0.25) is 5.91 Å². The minimum absolute atomic E-state index is 0.0219. The van der Waals surface area contributed by atoms with Gasteiger partial charge >= 0.3 is 5.97 Å². The molecule has 0 fully saturated rings. The SMILES string of the molecule is C[C@H](NC(=O)Cc1ccon1)C(=O)O. The van der Waals surface area contributed by atoms with Gasteiger partial charge in [-0.15, -0.1) is 0 Å². The number of aromatic nitrogens is 1. The Balaban J connectivity index is 2.40. The minimum atomic E-state index is -1.07. The van der Waals surface area contributed by atoms with Crippen LogP contribution in [0.25, 0.3) is 0 Å². The summed E-state index contributed by atoms with van der Waals surface area (Å²) >= 11 is 0. The van der Waals surface area contributed by atoms with E-state index in [0.29, 0.717) is 5.69 Å². The Hall–Kier alpha value is -1.85. The Morgan fingerprint density at radius 2 is 2.43 bits per heavy atom. The van der Waals surface area contributed by atoms with Gasteiger partial charge in [-0.05, 0) is 6.92 Å². The van der Waals surface area contributed by atoms with Crippen molar-refractivity contribution >= 4 is 11.9 Å². The fraction of sp³-hybridized carbons (Fsp3) is 0.375. The molecule has 0 saturated heterocycles. The van der Waals surface area contributed by atoms with E-state index in [-0.39, 0.29) is 6.42 Å². The van der Waals surface area contributed by atoms with Gasteiger partial charge in [-0.25, -0.2) is 0 Å². The van der Waals surface area contributed by atoms with Gasteiger partial charge in [-0.2, -0.15) is 0 Å². The van der Waals surface area contributed by atoms with Crippen molar-refractivity contribution in [1.82, 2.24) is 10.5 Å². The Morgan fingerprint density at radius 3 is 2.93 bits per heavy atom. The van der Waals surface area contributed by atoms with Crippen molar-refractivity contribution in [3.63, 3.8) is 0 Å². The highest BCUT2D eigenvalue weighted by molar-refractivity contribution is 5.84. The molecule has 0 saturated carbocycles. The lowest BCUT2D eigenvalue weighted by Gasteiger charge is -2.07. The second-order valence-electron chi connectivity index (χ2n) is 2.79. The van der Waals surface area contributed by atoms with Crippen LogP contribution >= 0.6 is 0 Å². The molecule has 0 bridgehead atoms. The fourth-order valence-electron chi connectivity index (χ4n) is 0.847. The number of nitrogens with one attached hydrogen (secondary N) is 1. The predicted octanol–water partition coefficient (Wildman–Crippen LogP) is -0.194. The number of carbonyl (C=O) groups excluding carboxylic acids is 1. The van der Waals surface area contributed by atoms with E-state index in [4.69, 9.17) is 5.11 Å². The fourth-order valence-corrected chi connectivity index (χ4v) is 0.847. The molecule has 0 aliphatic carbocycles. The van der Waals surface area contributed by atoms with Crippen LogP contribution in [0.15, 0.2) is 16.9 Å². The normalized spacial score (nSPS) is 12.1. The van der Waals surface area contributed by atoms with Crippen LogP contribution in [-0.2, 0) is 16.0 Å². The lowest BCUT2D eigenvalue weighted by atomic mass is 10.2. The zero-order chi connectivity index (χ0) is 10.6. The van der Waals surface area contributed by atoms with Gasteiger partial charge in [0.25, 0.3) is 0 Å². The van der Waals surface area contributed by atoms with E-state index in [0.717, 1.165) is 0 Å². The van der Waals surface area contributed by atoms with Gasteiger partial charge in [-0.3, -0.25) is 9.59 Å². The molecule has 6 nitrogen and oxygen atoms in total. The third-order valence-corrected chi connectivity index (χ3v) is 1.58. The van der Waals surface area contributed by atoms with E-state index in [1.165, 1.54) is 13.2 Å². The Morgan fingerprint density at radius 1 is 1.71 bits per heavy atom. The maximum Gasteiger partial charge on any atom is 0.325 e. The van der Waals surface area contributed by atoms with Gasteiger partial charge in [-0.1, -0.05) is 5.16 Å². The molecule has 76 valence electrons. The highest BCUT2D eigenvalue weighted by Crippen LogP contribution is 1.95. The second kappa shape index (κ2) is 4.40. The minimum Gasteiger partial charge on any atom is -0.480 e. The van der Waals surface area contributed by atoms with E-state index in [1.807, 2.05) is 0 Å². The first-order valence-electron chi connectivity index (χ1n) is 4.01. The molecular weight excluding hydrogens is 188 g/mol. The maximum absolute atomic E-state index is 11.2. The van der Waals surface area contributed by atoms with Crippen LogP contribution in [0.1, 0.15) is 12.6 Å². The van der Waals surface area contributed by atoms with Crippen LogP contribution in [0.4, 0.5) is 0 Å². The third kappa shape index (κ3) is 2.89. The molecule has 1 heterocycles. The number of rotatable bonds is 4. The smallest absolute Gasteiger partial charge is 0.325 e. The monoisotopic (exact) mass is 198 g/mol. The van der Waals surface area contributed by atoms with Crippen molar-refractivity contribution in [2.24, 2.45) is 0 Å². The topological polar surface area (TPSA) is 92.4 Å². The van der Waals surface area contributed by atoms with Crippen LogP contribution < -0.4 is 5.32 Å². The summed E-state index contributed by atoms with van der Waals surface area (Å²) in [5.74, 6) is -1.47. The molecule has 0 spiro atoms. The van der Waals surface area contributed by atoms with Gasteiger partial charge in [0.1, 0.15) is 12.3 Å². The molecule has 1 rings (SSSR count). The van der Waals surface area contributed by atoms with Gasteiger partial charge in [0.15, 0.2) is 0 Å². The van der Waals surface area contributed by atoms with E-state index >= 15 is 0 Å². The molecule has 2 N–H and O–H groups in total. The van der Waals surface area contributed by atoms with Crippen molar-refractivity contribution in [2.75, 3.05) is 0 Å². The van der Waals surface area contributed by atoms with Crippen molar-refractivity contribution in [1.29, 1.82) is 0 Å². The molecule has 0 aromatic carbocycles. The summed E-state index contributed by atoms with van der Waals surface area (Å²) in [7, 11) is 0. The summed E-state index contributed by atoms with van der Waals surface area (Å²) in [6.45, 7) is 1.39. The molecular formula is C8H10N2O4. The Labute approximate surface area is 79.9 Å². The van der Waals surface area contributed by atoms with E-state index in [1.54, 1.807) is 6.07 Å². The molecule has 0 radical (unpaired) electrons. The summed E-state index contributed by atoms with van der Waals surface area (Å²) in [4.78, 5) is 21.6. The van der Waals surface area contributed by atoms with Crippen LogP contribution in [0.3, 0.4) is 0 Å². The summed E-state index contributed by atoms with van der Waals surface area (Å²) in [6, 6.07) is 0.653. The molecule has 0 aliphatic heterocycles. The average Bonchev–Trinajstić information content (AvgIpc) is 2.56. The molecule has 1 aromatic rings. The molecule has 1 amide bonds. The van der Waals surface area contributed by atoms with Gasteiger partial charge in [0, 0.05) is 6.07 Å². The summed E-state index contributed by atoms with van der Waals surface area (Å²) < 4.78 is 4.52. The van der Waals surface area contributed by atoms with Crippen LogP contribution in [-0.4, -0.2) is 28.2 Å². The van der Waals surface area contributed by atoms with E-state index in [9.17, 15) is 9.59 Å². The van der Waals surface area contributed by atoms with Crippen molar-refractivity contribution in [3.05, 3.63) is 18.0 Å². The largest absolute Gasteiger partial charge is 0.480 e. The summed E-state index contributed by atoms with van der Waals surface area (Å²) in [5.41, 5.74) is 0.472. The average molecular weight is 198 g/mol. The first kappa shape index (κ1) is 10.2. The lowest BCUT2D eigenvalue weighted by molar-refractivity contribution is -0.141. The Bertz CT molecular complexity index is 320. The zero-order valence-corrected chi connectivity index (χ0v) is 7.56. The highest BCUT2D eigenvalue weighted by atomic mass is 16.5. The van der Waals surface area contributed by atoms with Crippen LogP contribution in [0.2, 0.25) is 0 Å². The number of carboxylic acids is 1. The first-order valence-corrected chi connectivity index (χ1v) is 4.01. The van der Waals surface area contributed by atoms with E-state index < -0.39 is 17.9 Å². The Kier molecular flexibility index (Phi) is 3.22. The molecule has 1 atom stereocenters. The molecule has 0 aliphatic rings. The molecule has 6 heteroatoms. The number of aliphatic carboxylic acids is 1. The molecule has 1 aromatic heterocycles. The summed E-state index contributed by atoms with van der Waals surface area (Å²) in [5, 5.41) is 14.3. The van der Waals surface area contributed by atoms with Crippen LogP contribution in [0, 0.1) is 0 Å². The third-order valence-electron chi connectivity index (χ3n) is 1.58. The highest BCUT2D eigenvalue weighted by Gasteiger charge is 2.14. The van der Waals surface area contributed by atoms with Gasteiger partial charge in [0.05, 0.1) is 12.1 Å². The number of carboxylic acid groups (broad SMARTS) is 1. The second-order valence-corrected chi connectivity index (χ2v) is 2.79. The number of nitrogens with zero attached hydrogens (tertiary/aromatic N) is 1. The maximum atomic E-state index is 11.2. The van der Waals surface area contributed by atoms with E-state index in [2.05, 4.69) is 15.0 Å². The number of carbonyl (C=O) groups is 2. The predicted molar refractivity (Wildman–Crippen MR) is 45.4 cm³/mol.